The molecule has 8 nitrogen and oxygen atoms in total. The number of hydrogen-bond donors (Lipinski definition) is 4. The van der Waals surface area contributed by atoms with Crippen LogP contribution in [0.15, 0.2) is 47.4 Å². The minimum absolute atomic E-state index is 0.168. The van der Waals surface area contributed by atoms with Crippen LogP contribution in [0.1, 0.15) is 0 Å². The Kier molecular flexibility index (Phi) is 5.64. The Hall–Kier alpha value is -3.10. The average Bonchev–Trinajstić information content (AvgIpc) is 2.73. The molecule has 0 spiro atoms. The summed E-state index contributed by atoms with van der Waals surface area (Å²) in [6.45, 7) is 5.21. The number of likely N-dealkylation sites (N-methyl/N-ethyl adjacent to an activating group) is 1. The van der Waals surface area contributed by atoms with Crippen molar-refractivity contribution in [3.05, 3.63) is 52.9 Å². The zero-order chi connectivity index (χ0) is 20.2. The van der Waals surface area contributed by atoms with Gasteiger partial charge in [0.15, 0.2) is 0 Å². The molecule has 1 aliphatic heterocycles. The van der Waals surface area contributed by atoms with Gasteiger partial charge in [-0.05, 0) is 42.8 Å². The molecule has 1 saturated heterocycles. The zero-order valence-electron chi connectivity index (χ0n) is 16.6. The van der Waals surface area contributed by atoms with E-state index < -0.39 is 0 Å². The van der Waals surface area contributed by atoms with E-state index >= 15 is 0 Å². The number of aromatic amines is 1. The third-order valence-corrected chi connectivity index (χ3v) is 5.18. The topological polar surface area (TPSA) is 102 Å². The molecule has 3 aromatic rings. The van der Waals surface area contributed by atoms with E-state index in [1.165, 1.54) is 5.69 Å². The zero-order valence-corrected chi connectivity index (χ0v) is 16.6. The Bertz CT molecular complexity index is 1040. The van der Waals surface area contributed by atoms with E-state index in [4.69, 9.17) is 5.73 Å². The van der Waals surface area contributed by atoms with Gasteiger partial charge in [-0.15, -0.1) is 0 Å². The van der Waals surface area contributed by atoms with Gasteiger partial charge in [-0.25, -0.2) is 4.98 Å². The molecule has 152 valence electrons. The summed E-state index contributed by atoms with van der Waals surface area (Å²) < 4.78 is 0. The first-order chi connectivity index (χ1) is 14.1. The van der Waals surface area contributed by atoms with Crippen LogP contribution in [0, 0.1) is 0 Å². The number of piperazine rings is 1. The van der Waals surface area contributed by atoms with Crippen LogP contribution in [-0.4, -0.2) is 61.2 Å². The fourth-order valence-corrected chi connectivity index (χ4v) is 3.58. The Balaban J connectivity index is 1.66. The number of aromatic nitrogens is 2. The van der Waals surface area contributed by atoms with Crippen LogP contribution < -0.4 is 26.8 Å². The lowest BCUT2D eigenvalue weighted by atomic mass is 10.2. The third-order valence-electron chi connectivity index (χ3n) is 5.18. The average molecular weight is 393 g/mol. The van der Waals surface area contributed by atoms with Crippen LogP contribution in [-0.2, 0) is 0 Å². The molecule has 29 heavy (non-hydrogen) atoms. The second-order valence-corrected chi connectivity index (χ2v) is 7.31. The number of nitrogens with one attached hydrogen (secondary N) is 3. The largest absolute Gasteiger partial charge is 0.369 e. The quantitative estimate of drug-likeness (QED) is 0.506. The second-order valence-electron chi connectivity index (χ2n) is 7.31. The van der Waals surface area contributed by atoms with Crippen molar-refractivity contribution in [2.24, 2.45) is 5.73 Å². The normalized spacial score (nSPS) is 14.9. The van der Waals surface area contributed by atoms with Gasteiger partial charge in [0.25, 0.3) is 5.56 Å². The SMILES string of the molecule is CN1CCN(c2cccc(Nc3nc(NCCN)cc4cc[nH]c(=O)c34)c2)CC1. The van der Waals surface area contributed by atoms with Crippen molar-refractivity contribution >= 4 is 33.8 Å². The lowest BCUT2D eigenvalue weighted by molar-refractivity contribution is 0.313. The van der Waals surface area contributed by atoms with Gasteiger partial charge in [0, 0.05) is 56.8 Å². The van der Waals surface area contributed by atoms with E-state index in [2.05, 4.69) is 49.6 Å². The van der Waals surface area contributed by atoms with Gasteiger partial charge >= 0.3 is 0 Å². The fraction of sp³-hybridized carbons (Fsp3) is 0.333. The first-order valence-electron chi connectivity index (χ1n) is 9.91. The number of hydrogen-bond acceptors (Lipinski definition) is 7. The molecule has 3 heterocycles. The van der Waals surface area contributed by atoms with Crippen LogP contribution in [0.5, 0.6) is 0 Å². The summed E-state index contributed by atoms with van der Waals surface area (Å²) in [4.78, 5) is 24.6. The molecule has 1 aromatic carbocycles. The van der Waals surface area contributed by atoms with Gasteiger partial charge in [0.2, 0.25) is 0 Å². The van der Waals surface area contributed by atoms with Gasteiger partial charge < -0.3 is 31.2 Å². The van der Waals surface area contributed by atoms with Gasteiger partial charge in [-0.3, -0.25) is 4.79 Å². The summed E-state index contributed by atoms with van der Waals surface area (Å²) in [5, 5.41) is 7.91. The summed E-state index contributed by atoms with van der Waals surface area (Å²) in [6, 6.07) is 12.0. The summed E-state index contributed by atoms with van der Waals surface area (Å²) in [7, 11) is 2.15. The van der Waals surface area contributed by atoms with E-state index in [1.54, 1.807) is 6.20 Å². The van der Waals surface area contributed by atoms with Crippen molar-refractivity contribution in [1.29, 1.82) is 0 Å². The molecule has 0 atom stereocenters. The molecule has 8 heteroatoms. The number of fused-ring (bicyclic) bond motifs is 1. The Morgan fingerprint density at radius 2 is 2.00 bits per heavy atom. The van der Waals surface area contributed by atoms with Crippen LogP contribution in [0.25, 0.3) is 10.8 Å². The molecule has 0 amide bonds. The first-order valence-corrected chi connectivity index (χ1v) is 9.91. The van der Waals surface area contributed by atoms with Crippen molar-refractivity contribution in [3.8, 4) is 0 Å². The smallest absolute Gasteiger partial charge is 0.259 e. The highest BCUT2D eigenvalue weighted by atomic mass is 16.1. The number of benzene rings is 1. The number of nitrogens with zero attached hydrogens (tertiary/aromatic N) is 3. The lowest BCUT2D eigenvalue weighted by Gasteiger charge is -2.34. The van der Waals surface area contributed by atoms with Gasteiger partial charge in [0.05, 0.1) is 5.39 Å². The number of anilines is 4. The number of nitrogens with two attached hydrogens (primary N) is 1. The van der Waals surface area contributed by atoms with E-state index in [0.29, 0.717) is 30.1 Å². The first kappa shape index (κ1) is 19.2. The number of pyridine rings is 2. The molecular weight excluding hydrogens is 366 g/mol. The van der Waals surface area contributed by atoms with E-state index in [1.807, 2.05) is 24.3 Å². The molecule has 0 aliphatic carbocycles. The van der Waals surface area contributed by atoms with Crippen LogP contribution in [0.3, 0.4) is 0 Å². The van der Waals surface area contributed by atoms with Crippen molar-refractivity contribution in [2.75, 3.05) is 61.8 Å². The van der Waals surface area contributed by atoms with E-state index in [-0.39, 0.29) is 5.56 Å². The predicted molar refractivity (Wildman–Crippen MR) is 119 cm³/mol. The summed E-state index contributed by atoms with van der Waals surface area (Å²) in [5.74, 6) is 1.21. The fourth-order valence-electron chi connectivity index (χ4n) is 3.58. The maximum absolute atomic E-state index is 12.5. The molecule has 4 rings (SSSR count). The number of rotatable bonds is 6. The monoisotopic (exact) mass is 393 g/mol. The van der Waals surface area contributed by atoms with Gasteiger partial charge in [-0.1, -0.05) is 6.07 Å². The summed E-state index contributed by atoms with van der Waals surface area (Å²) >= 11 is 0. The molecule has 1 fully saturated rings. The van der Waals surface area contributed by atoms with E-state index in [9.17, 15) is 4.79 Å². The van der Waals surface area contributed by atoms with E-state index in [0.717, 1.165) is 37.3 Å². The summed E-state index contributed by atoms with van der Waals surface area (Å²) in [5.41, 5.74) is 7.50. The third kappa shape index (κ3) is 4.33. The molecule has 0 bridgehead atoms. The maximum Gasteiger partial charge on any atom is 0.259 e. The second kappa shape index (κ2) is 8.50. The van der Waals surface area contributed by atoms with Gasteiger partial charge in [-0.2, -0.15) is 0 Å². The minimum Gasteiger partial charge on any atom is -0.369 e. The highest BCUT2D eigenvalue weighted by molar-refractivity contribution is 5.94. The van der Waals surface area contributed by atoms with Crippen LogP contribution in [0.2, 0.25) is 0 Å². The van der Waals surface area contributed by atoms with Crippen molar-refractivity contribution in [3.63, 3.8) is 0 Å². The van der Waals surface area contributed by atoms with Crippen LogP contribution in [0.4, 0.5) is 23.0 Å². The highest BCUT2D eigenvalue weighted by Crippen LogP contribution is 2.27. The van der Waals surface area contributed by atoms with Crippen LogP contribution >= 0.6 is 0 Å². The summed E-state index contributed by atoms with van der Waals surface area (Å²) in [6.07, 6.45) is 1.65. The van der Waals surface area contributed by atoms with Gasteiger partial charge in [0.1, 0.15) is 11.6 Å². The predicted octanol–water partition coefficient (Wildman–Crippen LogP) is 1.79. The molecule has 0 radical (unpaired) electrons. The molecular formula is C21H27N7O. The Morgan fingerprint density at radius 3 is 2.79 bits per heavy atom. The molecule has 5 N–H and O–H groups in total. The van der Waals surface area contributed by atoms with Crippen molar-refractivity contribution < 1.29 is 0 Å². The molecule has 0 unspecified atom stereocenters. The van der Waals surface area contributed by atoms with Crippen molar-refractivity contribution in [1.82, 2.24) is 14.9 Å². The maximum atomic E-state index is 12.5. The standard InChI is InChI=1S/C21H27N7O/c1-27-9-11-28(12-10-27)17-4-2-3-16(14-17)25-20-19-15(5-7-24-21(19)29)13-18(26-20)23-8-6-22/h2-5,7,13-14H,6,8-12,22H2,1H3,(H,24,29)(H2,23,25,26). The lowest BCUT2D eigenvalue weighted by Crippen LogP contribution is -2.44. The van der Waals surface area contributed by atoms with Crippen molar-refractivity contribution in [2.45, 2.75) is 0 Å². The Labute approximate surface area is 169 Å². The highest BCUT2D eigenvalue weighted by Gasteiger charge is 2.15. The molecule has 1 aliphatic rings. The minimum atomic E-state index is -0.168. The Morgan fingerprint density at radius 1 is 1.17 bits per heavy atom. The molecule has 2 aromatic heterocycles. The number of H-pyrrole nitrogens is 1. The molecule has 0 saturated carbocycles.